The molecule has 1 amide bonds. The highest BCUT2D eigenvalue weighted by Gasteiger charge is 2.20. The lowest BCUT2D eigenvalue weighted by Gasteiger charge is -2.10. The maximum atomic E-state index is 12.1. The summed E-state index contributed by atoms with van der Waals surface area (Å²) in [6, 6.07) is 3.44. The molecule has 0 heterocycles. The smallest absolute Gasteiger partial charge is 0.242 e. The summed E-state index contributed by atoms with van der Waals surface area (Å²) in [7, 11) is -6.11. The van der Waals surface area contributed by atoms with E-state index in [1.807, 2.05) is 0 Å². The summed E-state index contributed by atoms with van der Waals surface area (Å²) in [5.41, 5.74) is 5.51. The van der Waals surface area contributed by atoms with Gasteiger partial charge in [-0.3, -0.25) is 4.79 Å². The van der Waals surface area contributed by atoms with Crippen molar-refractivity contribution in [1.82, 2.24) is 10.0 Å². The molecule has 0 atom stereocenters. The van der Waals surface area contributed by atoms with Crippen molar-refractivity contribution >= 4 is 31.5 Å². The van der Waals surface area contributed by atoms with Crippen molar-refractivity contribution in [3.05, 3.63) is 18.2 Å². The van der Waals surface area contributed by atoms with Crippen molar-refractivity contribution in [2.24, 2.45) is 0 Å². The first-order chi connectivity index (χ1) is 9.58. The molecule has 10 heteroatoms. The van der Waals surface area contributed by atoms with Gasteiger partial charge in [0.05, 0.1) is 10.6 Å². The molecule has 21 heavy (non-hydrogen) atoms. The number of nitrogen functional groups attached to an aromatic ring is 1. The number of carbonyl (C=O) groups is 1. The van der Waals surface area contributed by atoms with Gasteiger partial charge in [-0.15, -0.1) is 0 Å². The first-order valence-corrected chi connectivity index (χ1v) is 9.25. The summed E-state index contributed by atoms with van der Waals surface area (Å²) in [6.45, 7) is -0.120. The van der Waals surface area contributed by atoms with E-state index in [4.69, 9.17) is 5.73 Å². The number of nitrogens with one attached hydrogen (secondary N) is 2. The molecule has 118 valence electrons. The molecule has 1 aromatic rings. The third-order valence-electron chi connectivity index (χ3n) is 2.63. The maximum Gasteiger partial charge on any atom is 0.242 e. The molecule has 0 spiro atoms. The lowest BCUT2D eigenvalue weighted by atomic mass is 10.3. The predicted octanol–water partition coefficient (Wildman–Crippen LogP) is -0.913. The molecule has 0 fully saturated rings. The zero-order valence-electron chi connectivity index (χ0n) is 11.6. The van der Waals surface area contributed by atoms with Gasteiger partial charge in [0.1, 0.15) is 4.90 Å². The third kappa shape index (κ3) is 4.69. The van der Waals surface area contributed by atoms with Gasteiger partial charge in [-0.25, -0.2) is 21.6 Å². The van der Waals surface area contributed by atoms with Gasteiger partial charge in [-0.2, -0.15) is 0 Å². The zero-order valence-corrected chi connectivity index (χ0v) is 13.2. The van der Waals surface area contributed by atoms with Gasteiger partial charge < -0.3 is 11.1 Å². The minimum Gasteiger partial charge on any atom is -0.398 e. The predicted molar refractivity (Wildman–Crippen MR) is 77.8 cm³/mol. The second-order valence-corrected chi connectivity index (χ2v) is 8.04. The molecule has 4 N–H and O–H groups in total. The second-order valence-electron chi connectivity index (χ2n) is 4.29. The van der Waals surface area contributed by atoms with Crippen LogP contribution in [0.15, 0.2) is 28.0 Å². The quantitative estimate of drug-likeness (QED) is 0.576. The Hall–Kier alpha value is -1.65. The Balaban J connectivity index is 3.05. The Labute approximate surface area is 123 Å². The van der Waals surface area contributed by atoms with Crippen molar-refractivity contribution in [1.29, 1.82) is 0 Å². The second kappa shape index (κ2) is 6.41. The Kier molecular flexibility index (Phi) is 5.31. The highest BCUT2D eigenvalue weighted by Crippen LogP contribution is 2.22. The molecule has 1 aromatic carbocycles. The number of hydrogen-bond donors (Lipinski definition) is 3. The Morgan fingerprint density at radius 3 is 2.38 bits per heavy atom. The summed E-state index contributed by atoms with van der Waals surface area (Å²) in [4.78, 5) is 10.6. The molecule has 0 saturated carbocycles. The van der Waals surface area contributed by atoms with Crippen molar-refractivity contribution in [3.63, 3.8) is 0 Å². The fraction of sp³-hybridized carbons (Fsp3) is 0.364. The number of hydrogen-bond acceptors (Lipinski definition) is 6. The van der Waals surface area contributed by atoms with Crippen LogP contribution in [-0.4, -0.2) is 42.6 Å². The van der Waals surface area contributed by atoms with Gasteiger partial charge in [0.15, 0.2) is 9.84 Å². The molecule has 0 aliphatic carbocycles. The first kappa shape index (κ1) is 17.4. The van der Waals surface area contributed by atoms with E-state index in [1.165, 1.54) is 19.2 Å². The van der Waals surface area contributed by atoms with E-state index in [2.05, 4.69) is 10.0 Å². The third-order valence-corrected chi connectivity index (χ3v) is 5.25. The summed E-state index contributed by atoms with van der Waals surface area (Å²) < 4.78 is 49.3. The first-order valence-electron chi connectivity index (χ1n) is 5.88. The molecule has 0 saturated heterocycles. The molecule has 0 aromatic heterocycles. The van der Waals surface area contributed by atoms with Crippen molar-refractivity contribution in [3.8, 4) is 0 Å². The lowest BCUT2D eigenvalue weighted by molar-refractivity contribution is -0.120. The van der Waals surface area contributed by atoms with E-state index in [0.717, 1.165) is 12.3 Å². The number of sulfonamides is 1. The van der Waals surface area contributed by atoms with Crippen LogP contribution in [0.3, 0.4) is 0 Å². The van der Waals surface area contributed by atoms with Crippen LogP contribution in [0.2, 0.25) is 0 Å². The van der Waals surface area contributed by atoms with Crippen LogP contribution in [0, 0.1) is 0 Å². The molecule has 0 bridgehead atoms. The fourth-order valence-corrected chi connectivity index (χ4v) is 3.39. The van der Waals surface area contributed by atoms with Crippen molar-refractivity contribution in [2.75, 3.05) is 25.6 Å². The van der Waals surface area contributed by atoms with E-state index in [0.29, 0.717) is 0 Å². The molecule has 0 aliphatic heterocycles. The minimum atomic E-state index is -4.00. The summed E-state index contributed by atoms with van der Waals surface area (Å²) >= 11 is 0. The fourth-order valence-electron chi connectivity index (χ4n) is 1.48. The number of anilines is 1. The molecular weight excluding hydrogens is 318 g/mol. The highest BCUT2D eigenvalue weighted by atomic mass is 32.2. The van der Waals surface area contributed by atoms with Gasteiger partial charge in [0.2, 0.25) is 15.9 Å². The van der Waals surface area contributed by atoms with E-state index >= 15 is 0 Å². The maximum absolute atomic E-state index is 12.1. The van der Waals surface area contributed by atoms with Gasteiger partial charge in [-0.1, -0.05) is 0 Å². The normalized spacial score (nSPS) is 12.1. The van der Waals surface area contributed by atoms with Gasteiger partial charge in [-0.05, 0) is 18.2 Å². The van der Waals surface area contributed by atoms with E-state index < -0.39 is 19.9 Å². The topological polar surface area (TPSA) is 135 Å². The SMILES string of the molecule is CNC(=O)CCNS(=O)(=O)c1cc(S(C)(=O)=O)ccc1N. The van der Waals surface area contributed by atoms with Crippen LogP contribution in [0.4, 0.5) is 5.69 Å². The van der Waals surface area contributed by atoms with E-state index in [-0.39, 0.29) is 34.4 Å². The highest BCUT2D eigenvalue weighted by molar-refractivity contribution is 7.91. The summed E-state index contributed by atoms with van der Waals surface area (Å²) in [6.07, 6.45) is 0.926. The van der Waals surface area contributed by atoms with Crippen LogP contribution >= 0.6 is 0 Å². The number of amides is 1. The Morgan fingerprint density at radius 1 is 1.24 bits per heavy atom. The van der Waals surface area contributed by atoms with Gasteiger partial charge in [0, 0.05) is 26.3 Å². The number of nitrogens with two attached hydrogens (primary N) is 1. The number of benzene rings is 1. The van der Waals surface area contributed by atoms with Crippen molar-refractivity contribution in [2.45, 2.75) is 16.2 Å². The zero-order chi connectivity index (χ0) is 16.3. The molecule has 0 radical (unpaired) electrons. The largest absolute Gasteiger partial charge is 0.398 e. The van der Waals surface area contributed by atoms with E-state index in [1.54, 1.807) is 0 Å². The molecule has 0 aliphatic rings. The number of sulfone groups is 1. The Morgan fingerprint density at radius 2 is 1.86 bits per heavy atom. The van der Waals surface area contributed by atoms with Crippen molar-refractivity contribution < 1.29 is 21.6 Å². The van der Waals surface area contributed by atoms with Gasteiger partial charge in [0.25, 0.3) is 0 Å². The molecule has 0 unspecified atom stereocenters. The number of carbonyl (C=O) groups excluding carboxylic acids is 1. The average molecular weight is 335 g/mol. The van der Waals surface area contributed by atoms with Gasteiger partial charge >= 0.3 is 0 Å². The monoisotopic (exact) mass is 335 g/mol. The lowest BCUT2D eigenvalue weighted by Crippen LogP contribution is -2.29. The molecule has 1 rings (SSSR count). The molecule has 8 nitrogen and oxygen atoms in total. The summed E-state index contributed by atoms with van der Waals surface area (Å²) in [5.74, 6) is -0.324. The van der Waals surface area contributed by atoms with Crippen LogP contribution in [0.25, 0.3) is 0 Å². The average Bonchev–Trinajstić information content (AvgIpc) is 2.37. The minimum absolute atomic E-state index is 0.0403. The number of rotatable bonds is 6. The van der Waals surface area contributed by atoms with Crippen LogP contribution in [0.1, 0.15) is 6.42 Å². The molecular formula is C11H17N3O5S2. The van der Waals surface area contributed by atoms with E-state index in [9.17, 15) is 21.6 Å². The Bertz CT molecular complexity index is 741. The van der Waals surface area contributed by atoms with Crippen LogP contribution in [-0.2, 0) is 24.7 Å². The summed E-state index contributed by atoms with van der Waals surface area (Å²) in [5, 5.41) is 2.35. The van der Waals surface area contributed by atoms with Crippen LogP contribution < -0.4 is 15.8 Å². The van der Waals surface area contributed by atoms with Crippen LogP contribution in [0.5, 0.6) is 0 Å². The standard InChI is InChI=1S/C11H17N3O5S2/c1-13-11(15)5-6-14-21(18,19)10-7-8(20(2,16)17)3-4-9(10)12/h3-4,7,14H,5-6,12H2,1-2H3,(H,13,15).